The molecule has 0 aromatic rings. The first-order valence-electron chi connectivity index (χ1n) is 7.83. The van der Waals surface area contributed by atoms with E-state index in [-0.39, 0.29) is 6.61 Å². The third-order valence-corrected chi connectivity index (χ3v) is 3.37. The molecule has 0 radical (unpaired) electrons. The Balaban J connectivity index is 3.37. The summed E-state index contributed by atoms with van der Waals surface area (Å²) in [4.78, 5) is 57.2. The minimum absolute atomic E-state index is 0.378. The van der Waals surface area contributed by atoms with Gasteiger partial charge in [0, 0.05) is 27.7 Å². The molecule has 12 heteroatoms. The maximum absolute atomic E-state index is 11.6. The maximum atomic E-state index is 11.6. The fourth-order valence-electron chi connectivity index (χ4n) is 2.54. The van der Waals surface area contributed by atoms with Crippen LogP contribution in [0.4, 0.5) is 4.79 Å². The van der Waals surface area contributed by atoms with Crippen molar-refractivity contribution in [1.29, 1.82) is 0 Å². The van der Waals surface area contributed by atoms with Gasteiger partial charge in [-0.05, 0) is 0 Å². The lowest BCUT2D eigenvalue weighted by Gasteiger charge is -2.47. The monoisotopic (exact) mass is 390 g/mol. The highest BCUT2D eigenvalue weighted by atomic mass is 16.7. The van der Waals surface area contributed by atoms with Crippen molar-refractivity contribution in [3.8, 4) is 0 Å². The van der Waals surface area contributed by atoms with Gasteiger partial charge in [0.25, 0.3) is 0 Å². The summed E-state index contributed by atoms with van der Waals surface area (Å²) in [5, 5.41) is 2.21. The SMILES string of the molecule is CC(=O)OC[C@@]1(NC(N)=O)OC[C@@H](OC(C)=O)[C@H](OC(C)=O)[C@H]1OC(C)=O. The predicted molar refractivity (Wildman–Crippen MR) is 84.7 cm³/mol. The molecule has 4 atom stereocenters. The molecule has 12 nitrogen and oxygen atoms in total. The van der Waals surface area contributed by atoms with Crippen LogP contribution < -0.4 is 11.1 Å². The average molecular weight is 390 g/mol. The average Bonchev–Trinajstić information content (AvgIpc) is 2.49. The molecular weight excluding hydrogens is 368 g/mol. The van der Waals surface area contributed by atoms with Gasteiger partial charge in [-0.1, -0.05) is 0 Å². The quantitative estimate of drug-likeness (QED) is 0.412. The van der Waals surface area contributed by atoms with Gasteiger partial charge in [-0.3, -0.25) is 19.2 Å². The second-order valence-electron chi connectivity index (χ2n) is 5.72. The molecule has 0 saturated carbocycles. The predicted octanol–water partition coefficient (Wildman–Crippen LogP) is -1.26. The number of carbonyl (C=O) groups is 5. The summed E-state index contributed by atoms with van der Waals surface area (Å²) in [6.45, 7) is 3.37. The summed E-state index contributed by atoms with van der Waals surface area (Å²) < 4.78 is 25.8. The van der Waals surface area contributed by atoms with Crippen LogP contribution in [0.1, 0.15) is 27.7 Å². The third-order valence-electron chi connectivity index (χ3n) is 3.37. The van der Waals surface area contributed by atoms with Crippen LogP contribution in [-0.4, -0.2) is 67.2 Å². The van der Waals surface area contributed by atoms with Crippen LogP contribution in [0.5, 0.6) is 0 Å². The van der Waals surface area contributed by atoms with Gasteiger partial charge in [0.2, 0.25) is 5.72 Å². The molecule has 0 aliphatic carbocycles. The first-order chi connectivity index (χ1) is 12.5. The van der Waals surface area contributed by atoms with E-state index in [4.69, 9.17) is 29.4 Å². The zero-order valence-corrected chi connectivity index (χ0v) is 15.3. The standard InChI is InChI=1S/C15H22N2O10/c1-7(18)23-6-15(17-14(16)22)13(27-10(4)21)12(26-9(3)20)11(5-24-15)25-8(2)19/h11-13H,5-6H2,1-4H3,(H3,16,17,22)/t11-,12+,13-,15-/m1/s1. The number of hydrogen-bond donors (Lipinski definition) is 2. The van der Waals surface area contributed by atoms with Crippen molar-refractivity contribution >= 4 is 29.9 Å². The topological polar surface area (TPSA) is 170 Å². The number of nitrogens with two attached hydrogens (primary N) is 1. The van der Waals surface area contributed by atoms with E-state index in [1.54, 1.807) is 0 Å². The molecule has 1 aliphatic rings. The number of ether oxygens (including phenoxy) is 5. The van der Waals surface area contributed by atoms with Gasteiger partial charge in [0.15, 0.2) is 18.3 Å². The normalized spacial score (nSPS) is 27.0. The highest BCUT2D eigenvalue weighted by molar-refractivity contribution is 5.73. The summed E-state index contributed by atoms with van der Waals surface area (Å²) >= 11 is 0. The number of nitrogens with one attached hydrogen (secondary N) is 1. The van der Waals surface area contributed by atoms with E-state index >= 15 is 0 Å². The van der Waals surface area contributed by atoms with Crippen LogP contribution >= 0.6 is 0 Å². The zero-order valence-electron chi connectivity index (χ0n) is 15.3. The fourth-order valence-corrected chi connectivity index (χ4v) is 2.54. The Labute approximate surface area is 154 Å². The molecule has 1 heterocycles. The summed E-state index contributed by atoms with van der Waals surface area (Å²) in [7, 11) is 0. The number of rotatable bonds is 6. The van der Waals surface area contributed by atoms with Crippen molar-refractivity contribution in [2.24, 2.45) is 5.73 Å². The van der Waals surface area contributed by atoms with E-state index in [9.17, 15) is 24.0 Å². The molecular formula is C15H22N2O10. The van der Waals surface area contributed by atoms with Gasteiger partial charge < -0.3 is 34.7 Å². The molecule has 0 unspecified atom stereocenters. The Kier molecular flexibility index (Phi) is 7.52. The number of hydrogen-bond acceptors (Lipinski definition) is 10. The molecule has 1 saturated heterocycles. The van der Waals surface area contributed by atoms with Crippen LogP contribution in [0, 0.1) is 0 Å². The number of amides is 2. The Hall–Kier alpha value is -2.89. The van der Waals surface area contributed by atoms with Crippen LogP contribution in [0.2, 0.25) is 0 Å². The maximum Gasteiger partial charge on any atom is 0.314 e. The van der Waals surface area contributed by atoms with E-state index in [0.717, 1.165) is 27.7 Å². The third kappa shape index (κ3) is 6.40. The first kappa shape index (κ1) is 22.2. The van der Waals surface area contributed by atoms with E-state index in [1.165, 1.54) is 0 Å². The molecule has 1 rings (SSSR count). The van der Waals surface area contributed by atoms with Crippen LogP contribution in [-0.2, 0) is 42.9 Å². The van der Waals surface area contributed by atoms with Crippen LogP contribution in [0.25, 0.3) is 0 Å². The Morgan fingerprint density at radius 2 is 1.52 bits per heavy atom. The molecule has 27 heavy (non-hydrogen) atoms. The van der Waals surface area contributed by atoms with Crippen molar-refractivity contribution in [2.75, 3.05) is 13.2 Å². The summed E-state index contributed by atoms with van der Waals surface area (Å²) in [6, 6.07) is -1.09. The smallest absolute Gasteiger partial charge is 0.314 e. The number of primary amides is 1. The Morgan fingerprint density at radius 1 is 0.963 bits per heavy atom. The molecule has 1 fully saturated rings. The molecule has 0 spiro atoms. The van der Waals surface area contributed by atoms with E-state index in [0.29, 0.717) is 0 Å². The lowest BCUT2D eigenvalue weighted by molar-refractivity contribution is -0.270. The van der Waals surface area contributed by atoms with Gasteiger partial charge >= 0.3 is 29.9 Å². The van der Waals surface area contributed by atoms with Gasteiger partial charge in [-0.25, -0.2) is 4.79 Å². The molecule has 0 bridgehead atoms. The Morgan fingerprint density at radius 3 is 1.96 bits per heavy atom. The molecule has 0 aromatic carbocycles. The van der Waals surface area contributed by atoms with Gasteiger partial charge in [-0.2, -0.15) is 0 Å². The summed E-state index contributed by atoms with van der Waals surface area (Å²) in [5.74, 6) is -3.05. The highest BCUT2D eigenvalue weighted by Gasteiger charge is 2.57. The Bertz CT molecular complexity index is 622. The number of urea groups is 1. The fraction of sp³-hybridized carbons (Fsp3) is 0.667. The lowest BCUT2D eigenvalue weighted by Crippen LogP contribution is -2.72. The lowest BCUT2D eigenvalue weighted by atomic mass is 9.93. The second kappa shape index (κ2) is 9.16. The van der Waals surface area contributed by atoms with Gasteiger partial charge in [0.05, 0.1) is 6.61 Å². The highest BCUT2D eigenvalue weighted by Crippen LogP contribution is 2.31. The van der Waals surface area contributed by atoms with Crippen LogP contribution in [0.3, 0.4) is 0 Å². The van der Waals surface area contributed by atoms with E-state index in [1.807, 2.05) is 0 Å². The second-order valence-corrected chi connectivity index (χ2v) is 5.72. The van der Waals surface area contributed by atoms with Gasteiger partial charge in [-0.15, -0.1) is 0 Å². The summed E-state index contributed by atoms with van der Waals surface area (Å²) in [5.41, 5.74) is 3.19. The first-order valence-corrected chi connectivity index (χ1v) is 7.83. The van der Waals surface area contributed by atoms with E-state index in [2.05, 4.69) is 5.32 Å². The van der Waals surface area contributed by atoms with Crippen LogP contribution in [0.15, 0.2) is 0 Å². The summed E-state index contributed by atoms with van der Waals surface area (Å²) in [6.07, 6.45) is -4.06. The molecule has 1 aliphatic heterocycles. The minimum Gasteiger partial charge on any atom is -0.461 e. The van der Waals surface area contributed by atoms with E-state index < -0.39 is 60.6 Å². The van der Waals surface area contributed by atoms with Gasteiger partial charge in [0.1, 0.15) is 6.61 Å². The molecule has 3 N–H and O–H groups in total. The van der Waals surface area contributed by atoms with Crippen molar-refractivity contribution < 1.29 is 47.7 Å². The number of carbonyl (C=O) groups excluding carboxylic acids is 5. The van der Waals surface area contributed by atoms with Crippen molar-refractivity contribution in [3.05, 3.63) is 0 Å². The molecule has 152 valence electrons. The number of esters is 4. The van der Waals surface area contributed by atoms with Crippen molar-refractivity contribution in [3.63, 3.8) is 0 Å². The van der Waals surface area contributed by atoms with Crippen molar-refractivity contribution in [1.82, 2.24) is 5.32 Å². The van der Waals surface area contributed by atoms with Crippen molar-refractivity contribution in [2.45, 2.75) is 51.7 Å². The molecule has 2 amide bonds. The molecule has 0 aromatic heterocycles. The zero-order chi connectivity index (χ0) is 20.8. The largest absolute Gasteiger partial charge is 0.461 e. The minimum atomic E-state index is -1.97.